The van der Waals surface area contributed by atoms with Gasteiger partial charge < -0.3 is 15.3 Å². The summed E-state index contributed by atoms with van der Waals surface area (Å²) in [5.74, 6) is -0.928. The number of carbonyl (C=O) groups excluding carboxylic acids is 1. The SMILES string of the molecule is O=C(O)CN(C(=O)NC1CCN(C2CC2)C1)C1CCCC1. The van der Waals surface area contributed by atoms with Crippen LogP contribution in [0.2, 0.25) is 0 Å². The van der Waals surface area contributed by atoms with Crippen LogP contribution in [0.3, 0.4) is 0 Å². The number of aliphatic carboxylic acids is 1. The Bertz CT molecular complexity index is 405. The van der Waals surface area contributed by atoms with Gasteiger partial charge in [0, 0.05) is 31.2 Å². The van der Waals surface area contributed by atoms with E-state index in [1.165, 1.54) is 17.7 Å². The smallest absolute Gasteiger partial charge is 0.323 e. The summed E-state index contributed by atoms with van der Waals surface area (Å²) in [4.78, 5) is 27.5. The van der Waals surface area contributed by atoms with E-state index in [1.807, 2.05) is 0 Å². The minimum absolute atomic E-state index is 0.0991. The molecule has 2 aliphatic carbocycles. The summed E-state index contributed by atoms with van der Waals surface area (Å²) in [6, 6.07) is 0.821. The van der Waals surface area contributed by atoms with E-state index in [0.29, 0.717) is 0 Å². The third-order valence-corrected chi connectivity index (χ3v) is 4.94. The van der Waals surface area contributed by atoms with Gasteiger partial charge in [0.15, 0.2) is 0 Å². The molecule has 0 spiro atoms. The predicted octanol–water partition coefficient (Wildman–Crippen LogP) is 1.26. The molecule has 0 radical (unpaired) electrons. The van der Waals surface area contributed by atoms with Crippen LogP contribution >= 0.6 is 0 Å². The number of hydrogen-bond donors (Lipinski definition) is 2. The van der Waals surface area contributed by atoms with Crippen molar-refractivity contribution in [2.75, 3.05) is 19.6 Å². The minimum atomic E-state index is -0.928. The molecule has 118 valence electrons. The number of likely N-dealkylation sites (tertiary alicyclic amines) is 1. The van der Waals surface area contributed by atoms with Gasteiger partial charge in [-0.05, 0) is 32.1 Å². The Labute approximate surface area is 125 Å². The Hall–Kier alpha value is -1.30. The average Bonchev–Trinajstić information content (AvgIpc) is 2.97. The fourth-order valence-electron chi connectivity index (χ4n) is 3.66. The first-order chi connectivity index (χ1) is 10.1. The summed E-state index contributed by atoms with van der Waals surface area (Å²) >= 11 is 0. The van der Waals surface area contributed by atoms with Gasteiger partial charge in [0.05, 0.1) is 0 Å². The number of carboxylic acids is 1. The van der Waals surface area contributed by atoms with Gasteiger partial charge in [-0.15, -0.1) is 0 Å². The van der Waals surface area contributed by atoms with Gasteiger partial charge in [-0.1, -0.05) is 12.8 Å². The summed E-state index contributed by atoms with van der Waals surface area (Å²) < 4.78 is 0. The van der Waals surface area contributed by atoms with Crippen molar-refractivity contribution in [3.63, 3.8) is 0 Å². The van der Waals surface area contributed by atoms with Crippen LogP contribution in [0.5, 0.6) is 0 Å². The zero-order valence-corrected chi connectivity index (χ0v) is 12.5. The largest absolute Gasteiger partial charge is 0.480 e. The quantitative estimate of drug-likeness (QED) is 0.801. The molecular weight excluding hydrogens is 270 g/mol. The number of hydrogen-bond acceptors (Lipinski definition) is 3. The van der Waals surface area contributed by atoms with Crippen LogP contribution in [-0.2, 0) is 4.79 Å². The third-order valence-electron chi connectivity index (χ3n) is 4.94. The molecule has 0 bridgehead atoms. The van der Waals surface area contributed by atoms with Crippen molar-refractivity contribution < 1.29 is 14.7 Å². The van der Waals surface area contributed by atoms with Crippen molar-refractivity contribution in [3.8, 4) is 0 Å². The van der Waals surface area contributed by atoms with E-state index >= 15 is 0 Å². The molecule has 1 aliphatic heterocycles. The summed E-state index contributed by atoms with van der Waals surface area (Å²) in [5, 5.41) is 12.1. The van der Waals surface area contributed by atoms with Crippen molar-refractivity contribution >= 4 is 12.0 Å². The fourth-order valence-corrected chi connectivity index (χ4v) is 3.66. The molecule has 2 amide bonds. The summed E-state index contributed by atoms with van der Waals surface area (Å²) in [5.41, 5.74) is 0. The highest BCUT2D eigenvalue weighted by Gasteiger charge is 2.36. The zero-order chi connectivity index (χ0) is 14.8. The molecule has 6 heteroatoms. The van der Waals surface area contributed by atoms with E-state index in [-0.39, 0.29) is 24.7 Å². The Morgan fingerprint density at radius 2 is 1.86 bits per heavy atom. The second-order valence-electron chi connectivity index (χ2n) is 6.62. The van der Waals surface area contributed by atoms with Crippen molar-refractivity contribution in [3.05, 3.63) is 0 Å². The standard InChI is InChI=1S/C15H25N3O3/c19-14(20)10-18(13-3-1-2-4-13)15(21)16-11-7-8-17(9-11)12-5-6-12/h11-13H,1-10H2,(H,16,21)(H,19,20). The number of amides is 2. The maximum atomic E-state index is 12.4. The van der Waals surface area contributed by atoms with Gasteiger partial charge in [-0.3, -0.25) is 9.69 Å². The van der Waals surface area contributed by atoms with E-state index < -0.39 is 5.97 Å². The van der Waals surface area contributed by atoms with Crippen molar-refractivity contribution in [2.24, 2.45) is 0 Å². The van der Waals surface area contributed by atoms with Crippen LogP contribution in [0.4, 0.5) is 4.79 Å². The van der Waals surface area contributed by atoms with Gasteiger partial charge in [-0.2, -0.15) is 0 Å². The second kappa shape index (κ2) is 6.22. The Kier molecular flexibility index (Phi) is 4.33. The van der Waals surface area contributed by atoms with E-state index in [1.54, 1.807) is 0 Å². The lowest BCUT2D eigenvalue weighted by atomic mass is 10.2. The molecule has 0 aromatic rings. The lowest BCUT2D eigenvalue weighted by Crippen LogP contribution is -2.51. The second-order valence-corrected chi connectivity index (χ2v) is 6.62. The summed E-state index contributed by atoms with van der Waals surface area (Å²) in [6.07, 6.45) is 7.59. The molecule has 1 unspecified atom stereocenters. The van der Waals surface area contributed by atoms with Gasteiger partial charge >= 0.3 is 12.0 Å². The maximum absolute atomic E-state index is 12.4. The molecule has 1 heterocycles. The normalized spacial score (nSPS) is 27.0. The molecule has 2 N–H and O–H groups in total. The number of urea groups is 1. The summed E-state index contributed by atoms with van der Waals surface area (Å²) in [6.45, 7) is 1.79. The molecule has 3 rings (SSSR count). The first kappa shape index (κ1) is 14.6. The van der Waals surface area contributed by atoms with Crippen molar-refractivity contribution in [2.45, 2.75) is 63.1 Å². The van der Waals surface area contributed by atoms with Crippen molar-refractivity contribution in [1.82, 2.24) is 15.1 Å². The topological polar surface area (TPSA) is 72.9 Å². The highest BCUT2D eigenvalue weighted by molar-refractivity contribution is 5.80. The van der Waals surface area contributed by atoms with Crippen LogP contribution in [0.15, 0.2) is 0 Å². The molecule has 3 fully saturated rings. The number of carbonyl (C=O) groups is 2. The lowest BCUT2D eigenvalue weighted by molar-refractivity contribution is -0.138. The van der Waals surface area contributed by atoms with Gasteiger partial charge in [0.25, 0.3) is 0 Å². The lowest BCUT2D eigenvalue weighted by Gasteiger charge is -2.29. The van der Waals surface area contributed by atoms with E-state index in [4.69, 9.17) is 5.11 Å². The Balaban J connectivity index is 1.54. The molecule has 1 atom stereocenters. The average molecular weight is 295 g/mol. The van der Waals surface area contributed by atoms with Crippen LogP contribution in [0.25, 0.3) is 0 Å². The molecule has 1 saturated heterocycles. The van der Waals surface area contributed by atoms with E-state index in [0.717, 1.165) is 51.2 Å². The first-order valence-corrected chi connectivity index (χ1v) is 8.16. The van der Waals surface area contributed by atoms with Gasteiger partial charge in [0.2, 0.25) is 0 Å². The molecule has 0 aromatic heterocycles. The zero-order valence-electron chi connectivity index (χ0n) is 12.5. The van der Waals surface area contributed by atoms with Crippen LogP contribution < -0.4 is 5.32 Å². The highest BCUT2D eigenvalue weighted by atomic mass is 16.4. The van der Waals surface area contributed by atoms with Crippen LogP contribution in [0, 0.1) is 0 Å². The van der Waals surface area contributed by atoms with Gasteiger partial charge in [0.1, 0.15) is 6.54 Å². The molecule has 6 nitrogen and oxygen atoms in total. The number of carboxylic acid groups (broad SMARTS) is 1. The number of rotatable bonds is 5. The molecule has 3 aliphatic rings. The summed E-state index contributed by atoms with van der Waals surface area (Å²) in [7, 11) is 0. The van der Waals surface area contributed by atoms with Crippen LogP contribution in [0.1, 0.15) is 44.9 Å². The Morgan fingerprint density at radius 1 is 1.14 bits per heavy atom. The van der Waals surface area contributed by atoms with Crippen LogP contribution in [-0.4, -0.2) is 64.7 Å². The number of nitrogens with one attached hydrogen (secondary N) is 1. The molecule has 0 aromatic carbocycles. The van der Waals surface area contributed by atoms with Gasteiger partial charge in [-0.25, -0.2) is 4.79 Å². The van der Waals surface area contributed by atoms with E-state index in [9.17, 15) is 9.59 Å². The molecule has 21 heavy (non-hydrogen) atoms. The minimum Gasteiger partial charge on any atom is -0.480 e. The number of nitrogens with zero attached hydrogens (tertiary/aromatic N) is 2. The third kappa shape index (κ3) is 3.67. The maximum Gasteiger partial charge on any atom is 0.323 e. The molecule has 2 saturated carbocycles. The van der Waals surface area contributed by atoms with E-state index in [2.05, 4.69) is 10.2 Å². The highest BCUT2D eigenvalue weighted by Crippen LogP contribution is 2.30. The monoisotopic (exact) mass is 295 g/mol. The fraction of sp³-hybridized carbons (Fsp3) is 0.867. The predicted molar refractivity (Wildman–Crippen MR) is 78.1 cm³/mol. The van der Waals surface area contributed by atoms with Crippen molar-refractivity contribution in [1.29, 1.82) is 0 Å². The first-order valence-electron chi connectivity index (χ1n) is 8.16. The molecular formula is C15H25N3O3. The Morgan fingerprint density at radius 3 is 2.48 bits per heavy atom.